The summed E-state index contributed by atoms with van der Waals surface area (Å²) in [5.74, 6) is -0.116. The molecule has 0 bridgehead atoms. The summed E-state index contributed by atoms with van der Waals surface area (Å²) in [6, 6.07) is 7.22. The monoisotopic (exact) mass is 316 g/mol. The van der Waals surface area contributed by atoms with E-state index in [1.54, 1.807) is 25.3 Å². The average Bonchev–Trinajstić information content (AvgIpc) is 2.39. The summed E-state index contributed by atoms with van der Waals surface area (Å²) < 4.78 is 5.19. The highest BCUT2D eigenvalue weighted by molar-refractivity contribution is 8.23. The molecule has 0 radical (unpaired) electrons. The zero-order valence-electron chi connectivity index (χ0n) is 10.3. The molecule has 1 aromatic carbocycles. The normalized spacial score (nSPS) is 10.4. The van der Waals surface area contributed by atoms with Gasteiger partial charge in [-0.3, -0.25) is 10.2 Å². The Morgan fingerprint density at radius 2 is 2.21 bits per heavy atom. The lowest BCUT2D eigenvalue weighted by Gasteiger charge is -2.02. The standard InChI is InChI=1S/C12H13ClN2O2S2/c1-2-17-11(16)8-19-12(18)15-14-7-9-3-5-10(13)6-4-9/h3-7H,2,8H2,1H3,(H,15,18)/b14-7+. The number of thioether (sulfide) groups is 1. The van der Waals surface area contributed by atoms with Crippen molar-refractivity contribution in [3.8, 4) is 0 Å². The summed E-state index contributed by atoms with van der Waals surface area (Å²) in [5.41, 5.74) is 3.56. The molecule has 0 aliphatic heterocycles. The fraction of sp³-hybridized carbons (Fsp3) is 0.250. The Kier molecular flexibility index (Phi) is 7.47. The van der Waals surface area contributed by atoms with E-state index in [4.69, 9.17) is 28.6 Å². The van der Waals surface area contributed by atoms with Crippen LogP contribution in [0.4, 0.5) is 0 Å². The molecular weight excluding hydrogens is 304 g/mol. The second-order valence-corrected chi connectivity index (χ2v) is 5.39. The summed E-state index contributed by atoms with van der Waals surface area (Å²) in [6.45, 7) is 2.13. The van der Waals surface area contributed by atoms with Crippen LogP contribution < -0.4 is 5.43 Å². The molecule has 0 unspecified atom stereocenters. The third kappa shape index (κ3) is 7.15. The minimum atomic E-state index is -0.293. The van der Waals surface area contributed by atoms with Gasteiger partial charge in [-0.2, -0.15) is 5.10 Å². The molecule has 1 aromatic rings. The molecule has 19 heavy (non-hydrogen) atoms. The van der Waals surface area contributed by atoms with E-state index in [-0.39, 0.29) is 11.7 Å². The van der Waals surface area contributed by atoms with Crippen LogP contribution in [-0.2, 0) is 9.53 Å². The highest BCUT2D eigenvalue weighted by Gasteiger charge is 2.04. The summed E-state index contributed by atoms with van der Waals surface area (Å²) in [7, 11) is 0. The predicted octanol–water partition coefficient (Wildman–Crippen LogP) is 2.84. The molecule has 0 aliphatic rings. The van der Waals surface area contributed by atoms with E-state index >= 15 is 0 Å². The number of hydrazone groups is 1. The maximum Gasteiger partial charge on any atom is 0.316 e. The molecule has 0 heterocycles. The van der Waals surface area contributed by atoms with Gasteiger partial charge in [0, 0.05) is 5.02 Å². The Morgan fingerprint density at radius 1 is 1.53 bits per heavy atom. The first-order valence-electron chi connectivity index (χ1n) is 5.49. The van der Waals surface area contributed by atoms with Gasteiger partial charge in [0.1, 0.15) is 0 Å². The topological polar surface area (TPSA) is 50.7 Å². The van der Waals surface area contributed by atoms with E-state index in [1.165, 1.54) is 11.8 Å². The second kappa shape index (κ2) is 8.90. The molecule has 0 amide bonds. The molecule has 0 aliphatic carbocycles. The van der Waals surface area contributed by atoms with Crippen LogP contribution in [0.3, 0.4) is 0 Å². The fourth-order valence-corrected chi connectivity index (χ4v) is 1.87. The van der Waals surface area contributed by atoms with Crippen LogP contribution in [0.2, 0.25) is 5.02 Å². The zero-order valence-corrected chi connectivity index (χ0v) is 12.6. The van der Waals surface area contributed by atoms with Crippen molar-refractivity contribution in [2.45, 2.75) is 6.92 Å². The first-order valence-corrected chi connectivity index (χ1v) is 7.26. The minimum Gasteiger partial charge on any atom is -0.465 e. The number of nitrogens with zero attached hydrogens (tertiary/aromatic N) is 1. The number of hydrogen-bond acceptors (Lipinski definition) is 5. The van der Waals surface area contributed by atoms with Gasteiger partial charge in [-0.1, -0.05) is 47.7 Å². The van der Waals surface area contributed by atoms with Crippen LogP contribution in [0.15, 0.2) is 29.4 Å². The number of carbonyl (C=O) groups is 1. The van der Waals surface area contributed by atoms with Gasteiger partial charge >= 0.3 is 5.97 Å². The molecule has 0 saturated carbocycles. The van der Waals surface area contributed by atoms with E-state index in [1.807, 2.05) is 12.1 Å². The van der Waals surface area contributed by atoms with Gasteiger partial charge in [0.15, 0.2) is 4.32 Å². The van der Waals surface area contributed by atoms with Crippen LogP contribution in [0.25, 0.3) is 0 Å². The minimum absolute atomic E-state index is 0.177. The third-order valence-corrected chi connectivity index (χ3v) is 3.30. The van der Waals surface area contributed by atoms with Crippen molar-refractivity contribution in [2.24, 2.45) is 5.10 Å². The number of benzene rings is 1. The van der Waals surface area contributed by atoms with Crippen LogP contribution in [0.5, 0.6) is 0 Å². The van der Waals surface area contributed by atoms with E-state index in [0.29, 0.717) is 16.0 Å². The summed E-state index contributed by atoms with van der Waals surface area (Å²) in [5, 5.41) is 4.63. The lowest BCUT2D eigenvalue weighted by Crippen LogP contribution is -2.15. The van der Waals surface area contributed by atoms with Crippen LogP contribution in [-0.4, -0.2) is 28.9 Å². The van der Waals surface area contributed by atoms with E-state index in [9.17, 15) is 4.79 Å². The third-order valence-electron chi connectivity index (χ3n) is 1.87. The molecular formula is C12H13ClN2O2S2. The zero-order chi connectivity index (χ0) is 14.1. The van der Waals surface area contributed by atoms with Crippen LogP contribution in [0.1, 0.15) is 12.5 Å². The van der Waals surface area contributed by atoms with Gasteiger partial charge in [0.2, 0.25) is 0 Å². The van der Waals surface area contributed by atoms with Crippen molar-refractivity contribution in [2.75, 3.05) is 12.4 Å². The number of rotatable bonds is 5. The van der Waals surface area contributed by atoms with Crippen molar-refractivity contribution in [1.29, 1.82) is 0 Å². The largest absolute Gasteiger partial charge is 0.465 e. The first-order chi connectivity index (χ1) is 9.11. The number of hydrogen-bond donors (Lipinski definition) is 1. The smallest absolute Gasteiger partial charge is 0.316 e. The highest BCUT2D eigenvalue weighted by atomic mass is 35.5. The molecule has 0 fully saturated rings. The second-order valence-electron chi connectivity index (χ2n) is 3.30. The Labute approximate surface area is 126 Å². The maximum absolute atomic E-state index is 11.1. The molecule has 0 atom stereocenters. The molecule has 102 valence electrons. The van der Waals surface area contributed by atoms with E-state index in [0.717, 1.165) is 5.56 Å². The summed E-state index contributed by atoms with van der Waals surface area (Å²) in [4.78, 5) is 11.1. The van der Waals surface area contributed by atoms with Crippen LogP contribution >= 0.6 is 35.6 Å². The van der Waals surface area contributed by atoms with Crippen LogP contribution in [0, 0.1) is 0 Å². The van der Waals surface area contributed by atoms with Gasteiger partial charge < -0.3 is 4.74 Å². The number of esters is 1. The highest BCUT2D eigenvalue weighted by Crippen LogP contribution is 2.08. The number of nitrogens with one attached hydrogen (secondary N) is 1. The molecule has 1 N–H and O–H groups in total. The number of halogens is 1. The van der Waals surface area contributed by atoms with Crippen molar-refractivity contribution >= 4 is 52.1 Å². The van der Waals surface area contributed by atoms with Gasteiger partial charge in [-0.05, 0) is 24.6 Å². The lowest BCUT2D eigenvalue weighted by molar-refractivity contribution is -0.139. The number of thiocarbonyl (C=S) groups is 1. The molecule has 0 spiro atoms. The number of carbonyl (C=O) groups excluding carboxylic acids is 1. The molecule has 7 heteroatoms. The van der Waals surface area contributed by atoms with Crippen molar-refractivity contribution in [3.63, 3.8) is 0 Å². The SMILES string of the molecule is CCOC(=O)CSC(=S)N/N=C/c1ccc(Cl)cc1. The predicted molar refractivity (Wildman–Crippen MR) is 83.9 cm³/mol. The molecule has 4 nitrogen and oxygen atoms in total. The maximum atomic E-state index is 11.1. The molecule has 0 aromatic heterocycles. The van der Waals surface area contributed by atoms with Crippen molar-refractivity contribution in [3.05, 3.63) is 34.9 Å². The quantitative estimate of drug-likeness (QED) is 0.392. The Balaban J connectivity index is 2.30. The molecule has 0 saturated heterocycles. The van der Waals surface area contributed by atoms with E-state index < -0.39 is 0 Å². The summed E-state index contributed by atoms with van der Waals surface area (Å²) >= 11 is 11.9. The molecule has 1 rings (SSSR count). The van der Waals surface area contributed by atoms with Gasteiger partial charge in [-0.15, -0.1) is 0 Å². The van der Waals surface area contributed by atoms with Gasteiger partial charge in [-0.25, -0.2) is 0 Å². The lowest BCUT2D eigenvalue weighted by atomic mass is 10.2. The average molecular weight is 317 g/mol. The first kappa shape index (κ1) is 15.9. The Morgan fingerprint density at radius 3 is 2.84 bits per heavy atom. The summed E-state index contributed by atoms with van der Waals surface area (Å²) in [6.07, 6.45) is 1.62. The number of ether oxygens (including phenoxy) is 1. The van der Waals surface area contributed by atoms with Crippen molar-refractivity contribution in [1.82, 2.24) is 5.43 Å². The fourth-order valence-electron chi connectivity index (χ4n) is 1.07. The van der Waals surface area contributed by atoms with Gasteiger partial charge in [0.25, 0.3) is 0 Å². The Bertz CT molecular complexity index is 463. The van der Waals surface area contributed by atoms with E-state index in [2.05, 4.69) is 10.5 Å². The van der Waals surface area contributed by atoms with Crippen molar-refractivity contribution < 1.29 is 9.53 Å². The van der Waals surface area contributed by atoms with Gasteiger partial charge in [0.05, 0.1) is 18.6 Å². The Hall–Kier alpha value is -1.11.